The van der Waals surface area contributed by atoms with Gasteiger partial charge in [-0.3, -0.25) is 9.69 Å². The number of carbonyl (C=O) groups excluding carboxylic acids is 1. The predicted octanol–water partition coefficient (Wildman–Crippen LogP) is 7.32. The Labute approximate surface area is 261 Å². The molecule has 6 rings (SSSR count). The first-order valence-electron chi connectivity index (χ1n) is 16.1. The molecular formula is C34H46N6O3Si. The van der Waals surface area contributed by atoms with Gasteiger partial charge < -0.3 is 19.4 Å². The summed E-state index contributed by atoms with van der Waals surface area (Å²) < 4.78 is 16.3. The van der Waals surface area contributed by atoms with E-state index in [1.165, 1.54) is 18.5 Å². The number of benzene rings is 1. The van der Waals surface area contributed by atoms with E-state index >= 15 is 0 Å². The molecule has 3 aromatic heterocycles. The molecule has 2 atom stereocenters. The average Bonchev–Trinajstić information content (AvgIpc) is 3.65. The molecule has 0 aliphatic carbocycles. The van der Waals surface area contributed by atoms with Crippen LogP contribution in [0.15, 0.2) is 55.0 Å². The lowest BCUT2D eigenvalue weighted by Gasteiger charge is -2.33. The van der Waals surface area contributed by atoms with Gasteiger partial charge in [-0.25, -0.2) is 9.67 Å². The second-order valence-electron chi connectivity index (χ2n) is 13.5. The maximum absolute atomic E-state index is 13.3. The number of piperidine rings is 1. The van der Waals surface area contributed by atoms with Gasteiger partial charge in [-0.2, -0.15) is 5.10 Å². The Morgan fingerprint density at radius 3 is 2.61 bits per heavy atom. The van der Waals surface area contributed by atoms with Crippen molar-refractivity contribution in [3.05, 3.63) is 66.2 Å². The molecule has 2 saturated heterocycles. The lowest BCUT2D eigenvalue weighted by molar-refractivity contribution is -0.0394. The Morgan fingerprint density at radius 2 is 1.86 bits per heavy atom. The number of hydrogen-bond donors (Lipinski definition) is 1. The molecule has 4 aromatic rings. The molecule has 0 bridgehead atoms. The minimum atomic E-state index is -1.19. The summed E-state index contributed by atoms with van der Waals surface area (Å²) in [5.41, 5.74) is 4.88. The molecule has 1 aromatic carbocycles. The molecule has 1 amide bonds. The van der Waals surface area contributed by atoms with Gasteiger partial charge in [0, 0.05) is 68.0 Å². The van der Waals surface area contributed by atoms with Crippen LogP contribution in [0.5, 0.6) is 0 Å². The molecule has 0 radical (unpaired) electrons. The van der Waals surface area contributed by atoms with E-state index in [1.807, 2.05) is 53.6 Å². The van der Waals surface area contributed by atoms with Crippen molar-refractivity contribution >= 4 is 30.7 Å². The van der Waals surface area contributed by atoms with E-state index in [0.29, 0.717) is 24.2 Å². The number of nitrogens with one attached hydrogen (secondary N) is 1. The lowest BCUT2D eigenvalue weighted by atomic mass is 10.00. The van der Waals surface area contributed by atoms with Crippen molar-refractivity contribution in [2.24, 2.45) is 0 Å². The molecule has 1 unspecified atom stereocenters. The summed E-state index contributed by atoms with van der Waals surface area (Å²) in [6, 6.07) is 13.3. The van der Waals surface area contributed by atoms with Gasteiger partial charge in [0.25, 0.3) is 5.91 Å². The monoisotopic (exact) mass is 614 g/mol. The number of nitrogens with zero attached hydrogens (tertiary/aromatic N) is 5. The number of rotatable bonds is 10. The number of carbonyl (C=O) groups is 1. The maximum atomic E-state index is 13.3. The average molecular weight is 615 g/mol. The highest BCUT2D eigenvalue weighted by Gasteiger charge is 2.26. The summed E-state index contributed by atoms with van der Waals surface area (Å²) in [5, 5.41) is 8.61. The maximum Gasteiger partial charge on any atom is 0.256 e. The van der Waals surface area contributed by atoms with Crippen LogP contribution in [0.1, 0.15) is 66.8 Å². The van der Waals surface area contributed by atoms with E-state index in [1.54, 1.807) is 0 Å². The van der Waals surface area contributed by atoms with Gasteiger partial charge >= 0.3 is 0 Å². The van der Waals surface area contributed by atoms with Crippen LogP contribution in [0.25, 0.3) is 22.0 Å². The molecular weight excluding hydrogens is 568 g/mol. The van der Waals surface area contributed by atoms with Gasteiger partial charge in [0.05, 0.1) is 11.7 Å². The Balaban J connectivity index is 1.18. The standard InChI is InChI=1S/C34H46N6O3Si/c1-38-15-7-5-9-29(38)31-19-27-21-35-32(20-30(27)39(31)24-42-17-18-44(2,3)4)37-34(41)26-13-11-25(12-14-26)28-22-36-40(23-28)33-10-6-8-16-43-33/h11-14,19-23,29,33H,5-10,15-18,24H2,1-4H3,(H,35,37,41)/t29-,33?/m1/s1. The number of pyridine rings is 1. The molecule has 2 aliphatic rings. The van der Waals surface area contributed by atoms with E-state index in [-0.39, 0.29) is 12.1 Å². The highest BCUT2D eigenvalue weighted by atomic mass is 28.3. The Bertz CT molecular complexity index is 1570. The third-order valence-electron chi connectivity index (χ3n) is 8.92. The number of anilines is 1. The first-order valence-corrected chi connectivity index (χ1v) is 19.8. The summed E-state index contributed by atoms with van der Waals surface area (Å²) in [5.74, 6) is 0.344. The highest BCUT2D eigenvalue weighted by Crippen LogP contribution is 2.34. The zero-order chi connectivity index (χ0) is 30.7. The van der Waals surface area contributed by atoms with Crippen LogP contribution < -0.4 is 5.32 Å². The van der Waals surface area contributed by atoms with Gasteiger partial charge in [0.1, 0.15) is 18.8 Å². The molecule has 2 aliphatic heterocycles. The van der Waals surface area contributed by atoms with E-state index in [2.05, 4.69) is 57.6 Å². The van der Waals surface area contributed by atoms with Crippen LogP contribution in [0.4, 0.5) is 5.82 Å². The normalized spacial score (nSPS) is 19.8. The Kier molecular flexibility index (Phi) is 9.32. The summed E-state index contributed by atoms with van der Waals surface area (Å²) in [6.07, 6.45) is 12.6. The fourth-order valence-electron chi connectivity index (χ4n) is 6.23. The quantitative estimate of drug-likeness (QED) is 0.149. The minimum absolute atomic E-state index is 0.00450. The lowest BCUT2D eigenvalue weighted by Crippen LogP contribution is -2.31. The molecule has 9 nitrogen and oxygen atoms in total. The van der Waals surface area contributed by atoms with Crippen LogP contribution in [0, 0.1) is 0 Å². The largest absolute Gasteiger partial charge is 0.361 e. The number of likely N-dealkylation sites (tertiary alicyclic amines) is 1. The number of fused-ring (bicyclic) bond motifs is 1. The van der Waals surface area contributed by atoms with Crippen LogP contribution in [-0.2, 0) is 16.2 Å². The molecule has 234 valence electrons. The Morgan fingerprint density at radius 1 is 1.05 bits per heavy atom. The third kappa shape index (κ3) is 7.15. The summed E-state index contributed by atoms with van der Waals surface area (Å²) in [4.78, 5) is 20.3. The number of amides is 1. The topological polar surface area (TPSA) is 86.4 Å². The first-order chi connectivity index (χ1) is 21.2. The van der Waals surface area contributed by atoms with Crippen LogP contribution in [0.3, 0.4) is 0 Å². The molecule has 0 spiro atoms. The van der Waals surface area contributed by atoms with Crippen molar-refractivity contribution in [2.45, 2.75) is 83.2 Å². The zero-order valence-electron chi connectivity index (χ0n) is 26.6. The van der Waals surface area contributed by atoms with E-state index < -0.39 is 8.07 Å². The predicted molar refractivity (Wildman–Crippen MR) is 178 cm³/mol. The number of aromatic nitrogens is 4. The Hall–Kier alpha value is -3.31. The van der Waals surface area contributed by atoms with E-state index in [9.17, 15) is 4.79 Å². The molecule has 10 heteroatoms. The van der Waals surface area contributed by atoms with Crippen molar-refractivity contribution in [1.29, 1.82) is 0 Å². The first kappa shape index (κ1) is 30.7. The van der Waals surface area contributed by atoms with Gasteiger partial charge in [-0.15, -0.1) is 0 Å². The van der Waals surface area contributed by atoms with Crippen LogP contribution in [-0.4, -0.2) is 65.0 Å². The van der Waals surface area contributed by atoms with Crippen molar-refractivity contribution < 1.29 is 14.3 Å². The zero-order valence-corrected chi connectivity index (χ0v) is 27.6. The molecule has 0 saturated carbocycles. The second-order valence-corrected chi connectivity index (χ2v) is 19.1. The van der Waals surface area contributed by atoms with Crippen molar-refractivity contribution in [2.75, 3.05) is 32.1 Å². The molecule has 5 heterocycles. The van der Waals surface area contributed by atoms with Gasteiger partial charge in [-0.1, -0.05) is 38.2 Å². The third-order valence-corrected chi connectivity index (χ3v) is 10.6. The minimum Gasteiger partial charge on any atom is -0.361 e. The van der Waals surface area contributed by atoms with E-state index in [0.717, 1.165) is 73.5 Å². The van der Waals surface area contributed by atoms with Crippen LogP contribution in [0.2, 0.25) is 25.7 Å². The SMILES string of the molecule is CN1CCCC[C@@H]1c1cc2cnc(NC(=O)c3ccc(-c4cnn(C5CCCCO5)c4)cc3)cc2n1COCC[Si](C)(C)C. The molecule has 1 N–H and O–H groups in total. The smallest absolute Gasteiger partial charge is 0.256 e. The van der Waals surface area contributed by atoms with E-state index in [4.69, 9.17) is 9.47 Å². The van der Waals surface area contributed by atoms with Gasteiger partial charge in [0.15, 0.2) is 0 Å². The summed E-state index contributed by atoms with van der Waals surface area (Å²) in [6.45, 7) is 10.3. The van der Waals surface area contributed by atoms with Crippen LogP contribution >= 0.6 is 0 Å². The fraction of sp³-hybridized carbons (Fsp3) is 0.500. The molecule has 44 heavy (non-hydrogen) atoms. The van der Waals surface area contributed by atoms with Crippen molar-refractivity contribution in [1.82, 2.24) is 24.2 Å². The van der Waals surface area contributed by atoms with Crippen molar-refractivity contribution in [3.8, 4) is 11.1 Å². The van der Waals surface area contributed by atoms with Gasteiger partial charge in [-0.05, 0) is 75.5 Å². The number of hydrogen-bond acceptors (Lipinski definition) is 6. The fourth-order valence-corrected chi connectivity index (χ4v) is 6.98. The second kappa shape index (κ2) is 13.4. The summed E-state index contributed by atoms with van der Waals surface area (Å²) >= 11 is 0. The van der Waals surface area contributed by atoms with Crippen molar-refractivity contribution in [3.63, 3.8) is 0 Å². The highest BCUT2D eigenvalue weighted by molar-refractivity contribution is 6.76. The molecule has 2 fully saturated rings. The van der Waals surface area contributed by atoms with Gasteiger partial charge in [0.2, 0.25) is 0 Å². The number of ether oxygens (including phenoxy) is 2. The summed E-state index contributed by atoms with van der Waals surface area (Å²) in [7, 11) is 1.02.